The number of oxazole rings is 1. The molecule has 0 saturated carbocycles. The van der Waals surface area contributed by atoms with Crippen molar-refractivity contribution in [3.05, 3.63) is 69.2 Å². The lowest BCUT2D eigenvalue weighted by atomic mass is 10.0. The Hall–Kier alpha value is -2.73. The SMILES string of the molecule is O=[N+]([O-])c1ccc2nc(-c3cccc4c(Br)cccc34)oc2c1. The monoisotopic (exact) mass is 368 g/mol. The highest BCUT2D eigenvalue weighted by molar-refractivity contribution is 9.10. The normalized spacial score (nSPS) is 11.2. The van der Waals surface area contributed by atoms with Crippen molar-refractivity contribution in [1.82, 2.24) is 4.98 Å². The summed E-state index contributed by atoms with van der Waals surface area (Å²) >= 11 is 3.54. The van der Waals surface area contributed by atoms with Crippen LogP contribution >= 0.6 is 15.9 Å². The Morgan fingerprint density at radius 3 is 2.65 bits per heavy atom. The maximum atomic E-state index is 10.9. The molecule has 0 N–H and O–H groups in total. The molecule has 0 bridgehead atoms. The van der Waals surface area contributed by atoms with E-state index >= 15 is 0 Å². The second kappa shape index (κ2) is 5.17. The molecule has 0 spiro atoms. The van der Waals surface area contributed by atoms with Crippen LogP contribution in [0, 0.1) is 10.1 Å². The fraction of sp³-hybridized carbons (Fsp3) is 0. The average molecular weight is 369 g/mol. The average Bonchev–Trinajstić information content (AvgIpc) is 2.97. The van der Waals surface area contributed by atoms with E-state index in [0.29, 0.717) is 17.0 Å². The summed E-state index contributed by atoms with van der Waals surface area (Å²) in [5.41, 5.74) is 1.84. The Morgan fingerprint density at radius 1 is 1.04 bits per heavy atom. The zero-order valence-corrected chi connectivity index (χ0v) is 13.3. The maximum Gasteiger partial charge on any atom is 0.273 e. The van der Waals surface area contributed by atoms with Crippen LogP contribution in [0.4, 0.5) is 5.69 Å². The van der Waals surface area contributed by atoms with Crippen LogP contribution in [0.3, 0.4) is 0 Å². The summed E-state index contributed by atoms with van der Waals surface area (Å²) in [4.78, 5) is 14.9. The second-order valence-corrected chi connectivity index (χ2v) is 5.92. The topological polar surface area (TPSA) is 69.2 Å². The van der Waals surface area contributed by atoms with Crippen LogP contribution in [0.25, 0.3) is 33.3 Å². The lowest BCUT2D eigenvalue weighted by Gasteiger charge is -2.04. The van der Waals surface area contributed by atoms with Gasteiger partial charge in [-0.2, -0.15) is 0 Å². The molecule has 0 aliphatic heterocycles. The highest BCUT2D eigenvalue weighted by atomic mass is 79.9. The number of hydrogen-bond donors (Lipinski definition) is 0. The van der Waals surface area contributed by atoms with Crippen LogP contribution in [0.1, 0.15) is 0 Å². The van der Waals surface area contributed by atoms with Crippen molar-refractivity contribution in [2.75, 3.05) is 0 Å². The molecule has 0 amide bonds. The van der Waals surface area contributed by atoms with Gasteiger partial charge in [0.1, 0.15) is 5.52 Å². The van der Waals surface area contributed by atoms with E-state index in [1.165, 1.54) is 12.1 Å². The van der Waals surface area contributed by atoms with E-state index in [4.69, 9.17) is 4.42 Å². The third-order valence-electron chi connectivity index (χ3n) is 3.68. The quantitative estimate of drug-likeness (QED) is 0.354. The molecule has 0 radical (unpaired) electrons. The van der Waals surface area contributed by atoms with Gasteiger partial charge in [-0.15, -0.1) is 0 Å². The van der Waals surface area contributed by atoms with Crippen LogP contribution in [0.15, 0.2) is 63.5 Å². The number of rotatable bonds is 2. The zero-order valence-electron chi connectivity index (χ0n) is 11.7. The first-order valence-electron chi connectivity index (χ1n) is 6.86. The van der Waals surface area contributed by atoms with Gasteiger partial charge < -0.3 is 4.42 Å². The molecule has 0 aliphatic carbocycles. The van der Waals surface area contributed by atoms with Gasteiger partial charge in [0, 0.05) is 16.1 Å². The Morgan fingerprint density at radius 2 is 1.83 bits per heavy atom. The van der Waals surface area contributed by atoms with E-state index in [0.717, 1.165) is 20.8 Å². The molecular weight excluding hydrogens is 360 g/mol. The fourth-order valence-electron chi connectivity index (χ4n) is 2.60. The number of nitro benzene ring substituents is 1. The molecule has 1 heterocycles. The lowest BCUT2D eigenvalue weighted by molar-refractivity contribution is -0.384. The molecule has 0 saturated heterocycles. The first kappa shape index (κ1) is 13.9. The molecule has 0 unspecified atom stereocenters. The number of non-ortho nitro benzene ring substituents is 1. The van der Waals surface area contributed by atoms with E-state index in [1.807, 2.05) is 36.4 Å². The van der Waals surface area contributed by atoms with Crippen LogP contribution in [0.5, 0.6) is 0 Å². The van der Waals surface area contributed by atoms with Crippen molar-refractivity contribution in [3.63, 3.8) is 0 Å². The Balaban J connectivity index is 1.96. The zero-order chi connectivity index (χ0) is 16.0. The molecule has 5 nitrogen and oxygen atoms in total. The van der Waals surface area contributed by atoms with Crippen LogP contribution in [-0.4, -0.2) is 9.91 Å². The van der Waals surface area contributed by atoms with Gasteiger partial charge in [-0.05, 0) is 29.0 Å². The molecular formula is C17H9BrN2O3. The van der Waals surface area contributed by atoms with Gasteiger partial charge in [-0.3, -0.25) is 10.1 Å². The third-order valence-corrected chi connectivity index (χ3v) is 4.37. The molecule has 112 valence electrons. The van der Waals surface area contributed by atoms with E-state index in [-0.39, 0.29) is 5.69 Å². The summed E-state index contributed by atoms with van der Waals surface area (Å²) in [5, 5.41) is 12.9. The summed E-state index contributed by atoms with van der Waals surface area (Å²) in [6.07, 6.45) is 0. The highest BCUT2D eigenvalue weighted by Gasteiger charge is 2.15. The van der Waals surface area contributed by atoms with Crippen LogP contribution < -0.4 is 0 Å². The van der Waals surface area contributed by atoms with Crippen molar-refractivity contribution in [3.8, 4) is 11.5 Å². The number of aromatic nitrogens is 1. The van der Waals surface area contributed by atoms with Crippen LogP contribution in [-0.2, 0) is 0 Å². The highest BCUT2D eigenvalue weighted by Crippen LogP contribution is 2.34. The van der Waals surface area contributed by atoms with Crippen molar-refractivity contribution in [2.45, 2.75) is 0 Å². The fourth-order valence-corrected chi connectivity index (χ4v) is 3.10. The smallest absolute Gasteiger partial charge is 0.273 e. The third kappa shape index (κ3) is 2.27. The van der Waals surface area contributed by atoms with E-state index in [1.54, 1.807) is 6.07 Å². The summed E-state index contributed by atoms with van der Waals surface area (Å²) in [5.74, 6) is 0.448. The van der Waals surface area contributed by atoms with Gasteiger partial charge in [0.05, 0.1) is 11.0 Å². The van der Waals surface area contributed by atoms with Gasteiger partial charge in [-0.25, -0.2) is 4.98 Å². The molecule has 4 aromatic rings. The molecule has 1 aromatic heterocycles. The summed E-state index contributed by atoms with van der Waals surface area (Å²) in [7, 11) is 0. The Labute approximate surface area is 138 Å². The predicted molar refractivity (Wildman–Crippen MR) is 91.3 cm³/mol. The summed E-state index contributed by atoms with van der Waals surface area (Å²) < 4.78 is 6.75. The molecule has 0 atom stereocenters. The van der Waals surface area contributed by atoms with Gasteiger partial charge in [0.25, 0.3) is 5.69 Å². The molecule has 6 heteroatoms. The molecule has 0 fully saturated rings. The first-order chi connectivity index (χ1) is 11.1. The molecule has 3 aromatic carbocycles. The van der Waals surface area contributed by atoms with Gasteiger partial charge in [0.15, 0.2) is 5.58 Å². The Kier molecular flexibility index (Phi) is 3.12. The first-order valence-corrected chi connectivity index (χ1v) is 7.65. The maximum absolute atomic E-state index is 10.9. The molecule has 0 aliphatic rings. The van der Waals surface area contributed by atoms with Crippen molar-refractivity contribution in [2.24, 2.45) is 0 Å². The van der Waals surface area contributed by atoms with Gasteiger partial charge in [0.2, 0.25) is 5.89 Å². The van der Waals surface area contributed by atoms with Crippen LogP contribution in [0.2, 0.25) is 0 Å². The van der Waals surface area contributed by atoms with E-state index in [9.17, 15) is 10.1 Å². The number of hydrogen-bond acceptors (Lipinski definition) is 4. The minimum Gasteiger partial charge on any atom is -0.436 e. The molecule has 23 heavy (non-hydrogen) atoms. The summed E-state index contributed by atoms with van der Waals surface area (Å²) in [6, 6.07) is 16.2. The Bertz CT molecular complexity index is 1070. The minimum atomic E-state index is -0.448. The van der Waals surface area contributed by atoms with E-state index in [2.05, 4.69) is 20.9 Å². The van der Waals surface area contributed by atoms with Gasteiger partial charge >= 0.3 is 0 Å². The van der Waals surface area contributed by atoms with Crippen molar-refractivity contribution in [1.29, 1.82) is 0 Å². The number of benzene rings is 3. The van der Waals surface area contributed by atoms with E-state index < -0.39 is 4.92 Å². The number of nitrogens with zero attached hydrogens (tertiary/aromatic N) is 2. The number of fused-ring (bicyclic) bond motifs is 2. The van der Waals surface area contributed by atoms with Gasteiger partial charge in [-0.1, -0.05) is 40.2 Å². The number of halogens is 1. The largest absolute Gasteiger partial charge is 0.436 e. The standard InChI is InChI=1S/C17H9BrN2O3/c18-14-6-2-3-11-12(14)4-1-5-13(11)17-19-15-8-7-10(20(21)22)9-16(15)23-17/h1-9H. The predicted octanol–water partition coefficient (Wildman–Crippen LogP) is 5.32. The lowest BCUT2D eigenvalue weighted by Crippen LogP contribution is -1.86. The summed E-state index contributed by atoms with van der Waals surface area (Å²) in [6.45, 7) is 0. The minimum absolute atomic E-state index is 0.0131. The van der Waals surface area contributed by atoms with Crippen molar-refractivity contribution >= 4 is 43.5 Å². The number of nitro groups is 1. The van der Waals surface area contributed by atoms with Crippen molar-refractivity contribution < 1.29 is 9.34 Å². The molecule has 4 rings (SSSR count). The second-order valence-electron chi connectivity index (χ2n) is 5.07.